The monoisotopic (exact) mass is 232 g/mol. The van der Waals surface area contributed by atoms with E-state index in [1.165, 1.54) is 0 Å². The fourth-order valence-electron chi connectivity index (χ4n) is 1.37. The first-order valence-corrected chi connectivity index (χ1v) is 4.87. The molecule has 0 aliphatic rings. The second kappa shape index (κ2) is 4.16. The van der Waals surface area contributed by atoms with E-state index in [4.69, 9.17) is 22.2 Å². The van der Waals surface area contributed by atoms with Crippen LogP contribution in [0.25, 0.3) is 5.69 Å². The van der Waals surface area contributed by atoms with Crippen molar-refractivity contribution < 1.29 is 4.74 Å². The smallest absolute Gasteiger partial charge is 0.199 e. The maximum atomic E-state index is 8.78. The van der Waals surface area contributed by atoms with Gasteiger partial charge in [-0.15, -0.1) is 0 Å². The quantitative estimate of drug-likeness (QED) is 0.802. The molecule has 0 aliphatic heterocycles. The Morgan fingerprint density at radius 1 is 1.56 bits per heavy atom. The van der Waals surface area contributed by atoms with Gasteiger partial charge in [-0.3, -0.25) is 9.67 Å². The summed E-state index contributed by atoms with van der Waals surface area (Å²) in [4.78, 5) is 0. The Labute approximate surface area is 96.9 Å². The molecule has 0 amide bonds. The Hall–Kier alpha value is -2.13. The number of ether oxygens (including phenoxy) is 1. The van der Waals surface area contributed by atoms with E-state index in [9.17, 15) is 0 Å². The van der Waals surface area contributed by atoms with Gasteiger partial charge in [-0.1, -0.05) is 0 Å². The van der Waals surface area contributed by atoms with Crippen LogP contribution in [0, 0.1) is 16.1 Å². The highest BCUT2D eigenvalue weighted by atomic mass is 32.1. The highest BCUT2D eigenvalue weighted by molar-refractivity contribution is 7.71. The Kier molecular flexibility index (Phi) is 2.70. The predicted octanol–water partition coefficient (Wildman–Crippen LogP) is 1.81. The lowest BCUT2D eigenvalue weighted by atomic mass is 10.2. The normalized spacial score (nSPS) is 9.75. The van der Waals surface area contributed by atoms with Crippen LogP contribution in [0.15, 0.2) is 24.5 Å². The van der Waals surface area contributed by atoms with Crippen molar-refractivity contribution >= 4 is 12.2 Å². The Morgan fingerprint density at radius 2 is 2.38 bits per heavy atom. The molecule has 0 saturated heterocycles. The number of aromatic amines is 1. The largest absolute Gasteiger partial charge is 0.495 e. The number of hydrogen-bond donors (Lipinski definition) is 1. The number of benzene rings is 1. The fraction of sp³-hybridized carbons (Fsp3) is 0.100. The lowest BCUT2D eigenvalue weighted by Crippen LogP contribution is -1.97. The van der Waals surface area contributed by atoms with Gasteiger partial charge in [-0.05, 0) is 24.4 Å². The van der Waals surface area contributed by atoms with E-state index in [-0.39, 0.29) is 0 Å². The fourth-order valence-corrected chi connectivity index (χ4v) is 1.56. The molecule has 0 radical (unpaired) electrons. The Balaban J connectivity index is 2.63. The lowest BCUT2D eigenvalue weighted by Gasteiger charge is -2.08. The van der Waals surface area contributed by atoms with Gasteiger partial charge in [0.15, 0.2) is 4.77 Å². The summed E-state index contributed by atoms with van der Waals surface area (Å²) >= 11 is 5.06. The van der Waals surface area contributed by atoms with Gasteiger partial charge in [0.2, 0.25) is 0 Å². The summed E-state index contributed by atoms with van der Waals surface area (Å²) < 4.78 is 7.36. The molecule has 0 aliphatic carbocycles. The first kappa shape index (κ1) is 10.4. The summed E-state index contributed by atoms with van der Waals surface area (Å²) in [5.74, 6) is 0.580. The predicted molar refractivity (Wildman–Crippen MR) is 60.0 cm³/mol. The number of nitrogens with zero attached hydrogens (tertiary/aromatic N) is 3. The van der Waals surface area contributed by atoms with Crippen molar-refractivity contribution in [2.75, 3.05) is 7.11 Å². The van der Waals surface area contributed by atoms with E-state index < -0.39 is 0 Å². The van der Waals surface area contributed by atoms with Crippen LogP contribution in [0.4, 0.5) is 0 Å². The highest BCUT2D eigenvalue weighted by Crippen LogP contribution is 2.23. The van der Waals surface area contributed by atoms with E-state index in [1.54, 1.807) is 36.2 Å². The molecule has 0 atom stereocenters. The third kappa shape index (κ3) is 1.68. The van der Waals surface area contributed by atoms with Crippen molar-refractivity contribution in [1.29, 1.82) is 5.26 Å². The Morgan fingerprint density at radius 3 is 2.94 bits per heavy atom. The summed E-state index contributed by atoms with van der Waals surface area (Å²) in [6.45, 7) is 0. The maximum absolute atomic E-state index is 8.78. The minimum absolute atomic E-state index is 0.475. The average Bonchev–Trinajstić information content (AvgIpc) is 2.74. The van der Waals surface area contributed by atoms with Crippen LogP contribution in [-0.4, -0.2) is 21.9 Å². The van der Waals surface area contributed by atoms with Crippen molar-refractivity contribution in [2.45, 2.75) is 0 Å². The molecule has 0 spiro atoms. The zero-order valence-electron chi connectivity index (χ0n) is 8.47. The van der Waals surface area contributed by atoms with Gasteiger partial charge < -0.3 is 4.74 Å². The van der Waals surface area contributed by atoms with Crippen molar-refractivity contribution in [1.82, 2.24) is 14.8 Å². The van der Waals surface area contributed by atoms with Gasteiger partial charge in [-0.25, -0.2) is 0 Å². The highest BCUT2D eigenvalue weighted by Gasteiger charge is 2.07. The molecule has 1 heterocycles. The topological polar surface area (TPSA) is 66.6 Å². The first-order chi connectivity index (χ1) is 7.76. The van der Waals surface area contributed by atoms with Crippen LogP contribution in [0.5, 0.6) is 5.75 Å². The second-order valence-corrected chi connectivity index (χ2v) is 3.42. The van der Waals surface area contributed by atoms with Gasteiger partial charge in [0, 0.05) is 6.07 Å². The van der Waals surface area contributed by atoms with Crippen molar-refractivity contribution in [2.24, 2.45) is 0 Å². The van der Waals surface area contributed by atoms with Gasteiger partial charge in [0.1, 0.15) is 12.1 Å². The molecule has 1 aromatic heterocycles. The molecular formula is C10H8N4OS. The third-order valence-electron chi connectivity index (χ3n) is 2.12. The summed E-state index contributed by atoms with van der Waals surface area (Å²) in [7, 11) is 1.55. The molecule has 5 nitrogen and oxygen atoms in total. The summed E-state index contributed by atoms with van der Waals surface area (Å²) in [5, 5.41) is 15.3. The summed E-state index contributed by atoms with van der Waals surface area (Å²) in [6, 6.07) is 7.17. The van der Waals surface area contributed by atoms with Crippen LogP contribution in [0.1, 0.15) is 5.56 Å². The number of methoxy groups -OCH3 is 1. The Bertz CT molecular complexity index is 608. The van der Waals surface area contributed by atoms with Crippen molar-refractivity contribution in [3.63, 3.8) is 0 Å². The zero-order chi connectivity index (χ0) is 11.5. The lowest BCUT2D eigenvalue weighted by molar-refractivity contribution is 0.412. The standard InChI is InChI=1S/C10H8N4OS/c1-15-9-4-7(5-11)2-3-8(9)14-6-12-13-10(14)16/h2-4,6H,1H3,(H,13,16). The maximum Gasteiger partial charge on any atom is 0.199 e. The number of hydrogen-bond acceptors (Lipinski definition) is 4. The molecule has 0 unspecified atom stereocenters. The first-order valence-electron chi connectivity index (χ1n) is 4.47. The van der Waals surface area contributed by atoms with Crippen LogP contribution >= 0.6 is 12.2 Å². The number of aromatic nitrogens is 3. The molecule has 0 fully saturated rings. The van der Waals surface area contributed by atoms with Gasteiger partial charge in [0.05, 0.1) is 24.4 Å². The minimum atomic E-state index is 0.475. The minimum Gasteiger partial charge on any atom is -0.495 e. The van der Waals surface area contributed by atoms with E-state index >= 15 is 0 Å². The van der Waals surface area contributed by atoms with Crippen LogP contribution in [0.2, 0.25) is 0 Å². The number of rotatable bonds is 2. The second-order valence-electron chi connectivity index (χ2n) is 3.03. The SMILES string of the molecule is COc1cc(C#N)ccc1-n1cn[nH]c1=S. The van der Waals surface area contributed by atoms with Crippen molar-refractivity contribution in [3.8, 4) is 17.5 Å². The molecular weight excluding hydrogens is 224 g/mol. The number of nitrogens with one attached hydrogen (secondary N) is 1. The number of nitriles is 1. The number of H-pyrrole nitrogens is 1. The van der Waals surface area contributed by atoms with E-state index in [0.717, 1.165) is 5.69 Å². The van der Waals surface area contributed by atoms with Crippen LogP contribution in [0.3, 0.4) is 0 Å². The van der Waals surface area contributed by atoms with E-state index in [1.807, 2.05) is 0 Å². The molecule has 1 aromatic carbocycles. The van der Waals surface area contributed by atoms with Crippen LogP contribution < -0.4 is 4.74 Å². The summed E-state index contributed by atoms with van der Waals surface area (Å²) in [6.07, 6.45) is 1.56. The van der Waals surface area contributed by atoms with Gasteiger partial charge in [0.25, 0.3) is 0 Å². The molecule has 80 valence electrons. The zero-order valence-corrected chi connectivity index (χ0v) is 9.28. The van der Waals surface area contributed by atoms with Crippen LogP contribution in [-0.2, 0) is 0 Å². The summed E-state index contributed by atoms with van der Waals surface area (Å²) in [5.41, 5.74) is 1.29. The molecule has 2 rings (SSSR count). The van der Waals surface area contributed by atoms with E-state index in [2.05, 4.69) is 16.3 Å². The average molecular weight is 232 g/mol. The molecule has 6 heteroatoms. The molecule has 2 aromatic rings. The molecule has 1 N–H and O–H groups in total. The molecule has 0 bridgehead atoms. The molecule has 0 saturated carbocycles. The van der Waals surface area contributed by atoms with E-state index in [0.29, 0.717) is 16.1 Å². The van der Waals surface area contributed by atoms with Crippen molar-refractivity contribution in [3.05, 3.63) is 34.9 Å². The van der Waals surface area contributed by atoms with Gasteiger partial charge in [-0.2, -0.15) is 10.4 Å². The molecule has 16 heavy (non-hydrogen) atoms. The third-order valence-corrected chi connectivity index (χ3v) is 2.41. The van der Waals surface area contributed by atoms with Gasteiger partial charge >= 0.3 is 0 Å².